The summed E-state index contributed by atoms with van der Waals surface area (Å²) in [5.74, 6) is 0. The third kappa shape index (κ3) is 7.44. The van der Waals surface area contributed by atoms with Crippen molar-refractivity contribution in [3.63, 3.8) is 0 Å². The third-order valence-corrected chi connectivity index (χ3v) is 8.79. The van der Waals surface area contributed by atoms with Gasteiger partial charge < -0.3 is 14.4 Å². The average Bonchev–Trinajstić information content (AvgIpc) is 3.54. The molecule has 0 unspecified atom stereocenters. The van der Waals surface area contributed by atoms with Gasteiger partial charge in [-0.1, -0.05) is 117 Å². The third-order valence-electron chi connectivity index (χ3n) is 8.79. The number of nitrogens with zero attached hydrogens (tertiary/aromatic N) is 3. The number of pyridine rings is 2. The van der Waals surface area contributed by atoms with Gasteiger partial charge in [-0.2, -0.15) is 5.26 Å². The molecule has 0 saturated heterocycles. The second-order valence-electron chi connectivity index (χ2n) is 13.3. The van der Waals surface area contributed by atoms with Crippen molar-refractivity contribution in [2.24, 2.45) is 0 Å². The first-order valence-corrected chi connectivity index (χ1v) is 16.6. The molecule has 5 aromatic carbocycles. The number of nitriles is 1. The van der Waals surface area contributed by atoms with Crippen LogP contribution in [0.25, 0.3) is 66.7 Å². The maximum absolute atomic E-state index is 9.87. The van der Waals surface area contributed by atoms with E-state index in [-0.39, 0.29) is 25.5 Å². The summed E-state index contributed by atoms with van der Waals surface area (Å²) >= 11 is 0. The van der Waals surface area contributed by atoms with Crippen LogP contribution in [0.4, 0.5) is 0 Å². The molecule has 5 heteroatoms. The fraction of sp³-hybridized carbons (Fsp3) is 0.109. The standard InChI is InChI=1S/C30H17N2O.C16H18N.Ir/c31-19-23-16-17-25-24-9-6-10-26(27-11-4-5-18-32-27)29(24)33-30(25)28(23)22-14-12-21(13-15-22)20-7-2-1-3-8-20;1-12-5-10-15(17-11-12)13-6-8-14(9-7-13)16(2,3)4;/h1-9,11-18H;5-6,8-11H,1-4H3;/q2*-1;. The molecule has 0 aliphatic carbocycles. The van der Waals surface area contributed by atoms with Gasteiger partial charge in [0.05, 0.1) is 17.2 Å². The van der Waals surface area contributed by atoms with Crippen molar-refractivity contribution in [1.29, 1.82) is 5.26 Å². The van der Waals surface area contributed by atoms with Crippen LogP contribution in [0.2, 0.25) is 0 Å². The number of aromatic nitrogens is 2. The van der Waals surface area contributed by atoms with Crippen molar-refractivity contribution in [3.05, 3.63) is 169 Å². The summed E-state index contributed by atoms with van der Waals surface area (Å²) in [7, 11) is 0. The Morgan fingerprint density at radius 3 is 2.04 bits per heavy atom. The molecule has 1 radical (unpaired) electrons. The molecule has 251 valence electrons. The Labute approximate surface area is 312 Å². The van der Waals surface area contributed by atoms with Crippen molar-refractivity contribution in [2.45, 2.75) is 33.1 Å². The SMILES string of the molecule is Cc1ccc(-c2[c-]cc(C(C)(C)C)cc2)nc1.N#Cc1ccc2c(oc3c(-c4ccccn4)[c-]ccc32)c1-c1ccc(-c2ccccc2)cc1.[Ir]. The summed E-state index contributed by atoms with van der Waals surface area (Å²) < 4.78 is 6.46. The molecule has 0 aliphatic heterocycles. The molecule has 0 amide bonds. The number of rotatable bonds is 4. The molecule has 0 aliphatic rings. The number of furan rings is 1. The van der Waals surface area contributed by atoms with Crippen LogP contribution in [0, 0.1) is 30.4 Å². The Kier molecular flexibility index (Phi) is 10.4. The van der Waals surface area contributed by atoms with Crippen LogP contribution in [-0.4, -0.2) is 9.97 Å². The first-order chi connectivity index (χ1) is 24.3. The molecule has 0 saturated carbocycles. The van der Waals surface area contributed by atoms with E-state index in [1.54, 1.807) is 6.20 Å². The van der Waals surface area contributed by atoms with Crippen LogP contribution >= 0.6 is 0 Å². The van der Waals surface area contributed by atoms with Crippen LogP contribution in [0.5, 0.6) is 0 Å². The minimum atomic E-state index is 0. The van der Waals surface area contributed by atoms with Gasteiger partial charge in [-0.05, 0) is 58.1 Å². The Balaban J connectivity index is 0.000000211. The summed E-state index contributed by atoms with van der Waals surface area (Å²) in [5.41, 5.74) is 12.3. The molecular weight excluding hydrogens is 803 g/mol. The molecule has 3 aromatic heterocycles. The minimum absolute atomic E-state index is 0. The summed E-state index contributed by atoms with van der Waals surface area (Å²) in [6.45, 7) is 8.67. The molecule has 0 fully saturated rings. The van der Waals surface area contributed by atoms with Crippen LogP contribution in [-0.2, 0) is 25.5 Å². The van der Waals surface area contributed by atoms with E-state index < -0.39 is 0 Å². The van der Waals surface area contributed by atoms with Crippen molar-refractivity contribution in [2.75, 3.05) is 0 Å². The van der Waals surface area contributed by atoms with Gasteiger partial charge in [-0.3, -0.25) is 0 Å². The Bertz CT molecular complexity index is 2440. The van der Waals surface area contributed by atoms with Gasteiger partial charge in [0.15, 0.2) is 0 Å². The summed E-state index contributed by atoms with van der Waals surface area (Å²) in [6.07, 6.45) is 3.65. The van der Waals surface area contributed by atoms with E-state index in [1.165, 1.54) is 11.1 Å². The van der Waals surface area contributed by atoms with Crippen LogP contribution in [0.3, 0.4) is 0 Å². The minimum Gasteiger partial charge on any atom is -0.500 e. The van der Waals surface area contributed by atoms with Crippen molar-refractivity contribution in [3.8, 4) is 50.8 Å². The monoisotopic (exact) mass is 838 g/mol. The number of hydrogen-bond donors (Lipinski definition) is 0. The molecule has 0 N–H and O–H groups in total. The molecule has 51 heavy (non-hydrogen) atoms. The first-order valence-electron chi connectivity index (χ1n) is 16.6. The topological polar surface area (TPSA) is 62.7 Å². The average molecular weight is 838 g/mol. The molecule has 8 rings (SSSR count). The van der Waals surface area contributed by atoms with Crippen molar-refractivity contribution in [1.82, 2.24) is 9.97 Å². The van der Waals surface area contributed by atoms with E-state index >= 15 is 0 Å². The van der Waals surface area contributed by atoms with Gasteiger partial charge in [0.25, 0.3) is 0 Å². The zero-order valence-electron chi connectivity index (χ0n) is 28.9. The zero-order chi connectivity index (χ0) is 34.7. The number of hydrogen-bond acceptors (Lipinski definition) is 4. The van der Waals surface area contributed by atoms with Crippen molar-refractivity contribution >= 4 is 21.9 Å². The van der Waals surface area contributed by atoms with Gasteiger partial charge in [-0.15, -0.1) is 53.6 Å². The Morgan fingerprint density at radius 2 is 1.39 bits per heavy atom. The van der Waals surface area contributed by atoms with E-state index in [0.29, 0.717) is 11.1 Å². The van der Waals surface area contributed by atoms with Gasteiger partial charge in [-0.25, -0.2) is 0 Å². The molecular formula is C46H35IrN3O-2. The smallest absolute Gasteiger partial charge is 0.130 e. The fourth-order valence-electron chi connectivity index (χ4n) is 6.02. The second kappa shape index (κ2) is 15.1. The van der Waals surface area contributed by atoms with Crippen molar-refractivity contribution < 1.29 is 24.5 Å². The van der Waals surface area contributed by atoms with Crippen LogP contribution < -0.4 is 0 Å². The summed E-state index contributed by atoms with van der Waals surface area (Å²) in [4.78, 5) is 8.89. The largest absolute Gasteiger partial charge is 0.500 e. The van der Waals surface area contributed by atoms with E-state index in [2.05, 4.69) is 110 Å². The van der Waals surface area contributed by atoms with E-state index in [0.717, 1.165) is 61.1 Å². The molecule has 8 aromatic rings. The molecule has 3 heterocycles. The summed E-state index contributed by atoms with van der Waals surface area (Å²) in [5, 5.41) is 11.8. The van der Waals surface area contributed by atoms with Crippen LogP contribution in [0.15, 0.2) is 144 Å². The second-order valence-corrected chi connectivity index (χ2v) is 13.3. The molecule has 0 spiro atoms. The summed E-state index contributed by atoms with van der Waals surface area (Å²) in [6, 6.07) is 51.4. The van der Waals surface area contributed by atoms with E-state index in [1.807, 2.05) is 79.9 Å². The van der Waals surface area contributed by atoms with E-state index in [4.69, 9.17) is 4.42 Å². The number of fused-ring (bicyclic) bond motifs is 3. The molecule has 0 bridgehead atoms. The Hall–Kier alpha value is -5.66. The fourth-order valence-corrected chi connectivity index (χ4v) is 6.02. The number of aryl methyl sites for hydroxylation is 1. The van der Waals surface area contributed by atoms with E-state index in [9.17, 15) is 5.26 Å². The van der Waals surface area contributed by atoms with Crippen LogP contribution in [0.1, 0.15) is 37.5 Å². The quantitative estimate of drug-likeness (QED) is 0.166. The predicted molar refractivity (Wildman–Crippen MR) is 203 cm³/mol. The maximum atomic E-state index is 9.87. The van der Waals surface area contributed by atoms with Gasteiger partial charge in [0.1, 0.15) is 5.58 Å². The molecule has 0 atom stereocenters. The Morgan fingerprint density at radius 1 is 0.667 bits per heavy atom. The predicted octanol–water partition coefficient (Wildman–Crippen LogP) is 11.8. The maximum Gasteiger partial charge on any atom is 0.130 e. The molecule has 4 nitrogen and oxygen atoms in total. The number of benzene rings is 5. The normalized spacial score (nSPS) is 11.0. The first kappa shape index (κ1) is 35.2. The zero-order valence-corrected chi connectivity index (χ0v) is 31.3. The van der Waals surface area contributed by atoms with Gasteiger partial charge in [0.2, 0.25) is 0 Å². The van der Waals surface area contributed by atoms with Gasteiger partial charge in [0, 0.05) is 43.4 Å². The van der Waals surface area contributed by atoms with Gasteiger partial charge >= 0.3 is 0 Å².